The van der Waals surface area contributed by atoms with Crippen LogP contribution in [0.15, 0.2) is 39.9 Å². The van der Waals surface area contributed by atoms with Crippen LogP contribution in [0.1, 0.15) is 10.4 Å². The Hall–Kier alpha value is -2.28. The van der Waals surface area contributed by atoms with Crippen molar-refractivity contribution in [2.75, 3.05) is 18.5 Å². The molecule has 2 aromatic rings. The summed E-state index contributed by atoms with van der Waals surface area (Å²) < 4.78 is 11.6. The Morgan fingerprint density at radius 3 is 2.67 bits per heavy atom. The molecule has 1 aliphatic rings. The van der Waals surface area contributed by atoms with Gasteiger partial charge in [-0.25, -0.2) is 0 Å². The van der Waals surface area contributed by atoms with E-state index in [9.17, 15) is 9.59 Å². The minimum Gasteiger partial charge on any atom is -0.486 e. The van der Waals surface area contributed by atoms with E-state index in [2.05, 4.69) is 26.2 Å². The smallest absolute Gasteiger partial charge is 0.261 e. The standard InChI is InChI=1S/C14H11BrN2O4/c15-9-5-12-13(21-4-3-20-12)6-10(9)17-14(19)8-7-16-2-1-11(8)18/h1-2,5-7H,3-4H2,(H,16,18)(H,17,19). The van der Waals surface area contributed by atoms with E-state index in [1.165, 1.54) is 18.5 Å². The van der Waals surface area contributed by atoms with Gasteiger partial charge in [-0.2, -0.15) is 0 Å². The summed E-state index contributed by atoms with van der Waals surface area (Å²) in [6, 6.07) is 4.68. The molecular formula is C14H11BrN2O4. The molecule has 0 saturated heterocycles. The molecule has 1 aliphatic heterocycles. The Kier molecular flexibility index (Phi) is 3.66. The first-order valence-electron chi connectivity index (χ1n) is 6.23. The molecule has 2 N–H and O–H groups in total. The van der Waals surface area contributed by atoms with Crippen LogP contribution in [-0.2, 0) is 0 Å². The van der Waals surface area contributed by atoms with Crippen molar-refractivity contribution < 1.29 is 14.3 Å². The molecule has 2 heterocycles. The van der Waals surface area contributed by atoms with Crippen LogP contribution < -0.4 is 20.2 Å². The molecule has 6 nitrogen and oxygen atoms in total. The second-order valence-corrected chi connectivity index (χ2v) is 5.21. The van der Waals surface area contributed by atoms with Crippen molar-refractivity contribution in [2.45, 2.75) is 0 Å². The lowest BCUT2D eigenvalue weighted by atomic mass is 10.2. The van der Waals surface area contributed by atoms with Crippen molar-refractivity contribution in [3.63, 3.8) is 0 Å². The monoisotopic (exact) mass is 350 g/mol. The predicted molar refractivity (Wildman–Crippen MR) is 80.1 cm³/mol. The average Bonchev–Trinajstić information content (AvgIpc) is 2.48. The molecule has 0 radical (unpaired) electrons. The summed E-state index contributed by atoms with van der Waals surface area (Å²) in [7, 11) is 0. The molecule has 1 amide bonds. The highest BCUT2D eigenvalue weighted by Gasteiger charge is 2.17. The van der Waals surface area contributed by atoms with E-state index in [0.717, 1.165) is 0 Å². The number of aromatic amines is 1. The van der Waals surface area contributed by atoms with E-state index in [4.69, 9.17) is 9.47 Å². The minimum atomic E-state index is -0.491. The molecule has 3 rings (SSSR count). The van der Waals surface area contributed by atoms with Gasteiger partial charge in [-0.15, -0.1) is 0 Å². The minimum absolute atomic E-state index is 0.0410. The molecule has 21 heavy (non-hydrogen) atoms. The van der Waals surface area contributed by atoms with Gasteiger partial charge < -0.3 is 19.8 Å². The zero-order valence-corrected chi connectivity index (χ0v) is 12.4. The Bertz CT molecular complexity index is 757. The lowest BCUT2D eigenvalue weighted by Crippen LogP contribution is -2.21. The maximum atomic E-state index is 12.1. The number of hydrogen-bond donors (Lipinski definition) is 2. The van der Waals surface area contributed by atoms with E-state index in [1.807, 2.05) is 0 Å². The molecular weight excluding hydrogens is 340 g/mol. The van der Waals surface area contributed by atoms with Crippen LogP contribution in [0.3, 0.4) is 0 Å². The number of pyridine rings is 1. The van der Waals surface area contributed by atoms with E-state index >= 15 is 0 Å². The molecule has 0 spiro atoms. The number of halogens is 1. The van der Waals surface area contributed by atoms with E-state index in [0.29, 0.717) is 34.9 Å². The number of hydrogen-bond acceptors (Lipinski definition) is 4. The van der Waals surface area contributed by atoms with Crippen molar-refractivity contribution in [1.82, 2.24) is 4.98 Å². The number of nitrogens with one attached hydrogen (secondary N) is 2. The average molecular weight is 351 g/mol. The lowest BCUT2D eigenvalue weighted by molar-refractivity contribution is 0.102. The number of H-pyrrole nitrogens is 1. The molecule has 0 unspecified atom stereocenters. The molecule has 1 aromatic heterocycles. The second kappa shape index (κ2) is 5.61. The summed E-state index contributed by atoms with van der Waals surface area (Å²) >= 11 is 3.36. The molecule has 7 heteroatoms. The van der Waals surface area contributed by atoms with Gasteiger partial charge >= 0.3 is 0 Å². The number of benzene rings is 1. The van der Waals surface area contributed by atoms with Crippen molar-refractivity contribution in [3.8, 4) is 11.5 Å². The van der Waals surface area contributed by atoms with Gasteiger partial charge in [-0.3, -0.25) is 9.59 Å². The van der Waals surface area contributed by atoms with Crippen LogP contribution in [0.2, 0.25) is 0 Å². The normalized spacial score (nSPS) is 12.8. The van der Waals surface area contributed by atoms with Gasteiger partial charge in [0.2, 0.25) is 0 Å². The van der Waals surface area contributed by atoms with Crippen LogP contribution in [0.4, 0.5) is 5.69 Å². The molecule has 1 aromatic carbocycles. The summed E-state index contributed by atoms with van der Waals surface area (Å²) in [6.45, 7) is 0.949. The molecule has 0 aliphatic carbocycles. The fraction of sp³-hybridized carbons (Fsp3) is 0.143. The molecule has 0 bridgehead atoms. The maximum absolute atomic E-state index is 12.1. The first-order chi connectivity index (χ1) is 10.1. The summed E-state index contributed by atoms with van der Waals surface area (Å²) in [5, 5.41) is 2.68. The number of anilines is 1. The van der Waals surface area contributed by atoms with Crippen LogP contribution in [0.5, 0.6) is 11.5 Å². The van der Waals surface area contributed by atoms with Gasteiger partial charge in [-0.05, 0) is 15.9 Å². The largest absolute Gasteiger partial charge is 0.486 e. The molecule has 0 atom stereocenters. The maximum Gasteiger partial charge on any atom is 0.261 e. The Balaban J connectivity index is 1.90. The summed E-state index contributed by atoms with van der Waals surface area (Å²) in [5.74, 6) is 0.680. The summed E-state index contributed by atoms with van der Waals surface area (Å²) in [4.78, 5) is 26.5. The highest BCUT2D eigenvalue weighted by atomic mass is 79.9. The number of carbonyl (C=O) groups excluding carboxylic acids is 1. The fourth-order valence-electron chi connectivity index (χ4n) is 1.94. The van der Waals surface area contributed by atoms with Crippen molar-refractivity contribution in [2.24, 2.45) is 0 Å². The third kappa shape index (κ3) is 2.78. The van der Waals surface area contributed by atoms with Crippen molar-refractivity contribution in [3.05, 3.63) is 50.9 Å². The summed E-state index contributed by atoms with van der Waals surface area (Å²) in [6.07, 6.45) is 2.84. The topological polar surface area (TPSA) is 80.4 Å². The zero-order chi connectivity index (χ0) is 14.8. The second-order valence-electron chi connectivity index (χ2n) is 4.35. The van der Waals surface area contributed by atoms with Gasteiger partial charge in [-0.1, -0.05) is 0 Å². The van der Waals surface area contributed by atoms with Gasteiger partial charge in [0, 0.05) is 35.1 Å². The number of ether oxygens (including phenoxy) is 2. The Morgan fingerprint density at radius 2 is 1.95 bits per heavy atom. The Labute approximate surface area is 128 Å². The first kappa shape index (κ1) is 13.7. The number of rotatable bonds is 2. The van der Waals surface area contributed by atoms with E-state index in [1.54, 1.807) is 12.1 Å². The zero-order valence-electron chi connectivity index (χ0n) is 10.8. The first-order valence-corrected chi connectivity index (χ1v) is 7.02. The van der Waals surface area contributed by atoms with Crippen LogP contribution in [0, 0.1) is 0 Å². The van der Waals surface area contributed by atoms with Crippen molar-refractivity contribution >= 4 is 27.5 Å². The third-order valence-corrected chi connectivity index (χ3v) is 3.60. The molecule has 0 saturated carbocycles. The fourth-order valence-corrected chi connectivity index (χ4v) is 2.36. The molecule has 108 valence electrons. The van der Waals surface area contributed by atoms with Crippen molar-refractivity contribution in [1.29, 1.82) is 0 Å². The number of carbonyl (C=O) groups is 1. The van der Waals surface area contributed by atoms with Gasteiger partial charge in [0.1, 0.15) is 18.8 Å². The quantitative estimate of drug-likeness (QED) is 0.869. The van der Waals surface area contributed by atoms with Crippen LogP contribution in [0.25, 0.3) is 0 Å². The highest BCUT2D eigenvalue weighted by molar-refractivity contribution is 9.10. The van der Waals surface area contributed by atoms with Gasteiger partial charge in [0.15, 0.2) is 16.9 Å². The van der Waals surface area contributed by atoms with E-state index in [-0.39, 0.29) is 11.0 Å². The number of fused-ring (bicyclic) bond motifs is 1. The van der Waals surface area contributed by atoms with Crippen LogP contribution >= 0.6 is 15.9 Å². The van der Waals surface area contributed by atoms with E-state index < -0.39 is 5.91 Å². The van der Waals surface area contributed by atoms with Gasteiger partial charge in [0.25, 0.3) is 5.91 Å². The number of amides is 1. The summed E-state index contributed by atoms with van der Waals surface area (Å²) in [5.41, 5.74) is 0.201. The molecule has 0 fully saturated rings. The lowest BCUT2D eigenvalue weighted by Gasteiger charge is -2.20. The highest BCUT2D eigenvalue weighted by Crippen LogP contribution is 2.38. The number of aromatic nitrogens is 1. The SMILES string of the molecule is O=C(Nc1cc2c(cc1Br)OCCO2)c1c[nH]ccc1=O. The third-order valence-electron chi connectivity index (χ3n) is 2.95. The van der Waals surface area contributed by atoms with Crippen LogP contribution in [-0.4, -0.2) is 24.1 Å². The van der Waals surface area contributed by atoms with Gasteiger partial charge in [0.05, 0.1) is 5.69 Å². The Morgan fingerprint density at radius 1 is 1.24 bits per heavy atom. The predicted octanol–water partition coefficient (Wildman–Crippen LogP) is 2.16.